The van der Waals surface area contributed by atoms with Gasteiger partial charge in [0.2, 0.25) is 0 Å². The van der Waals surface area contributed by atoms with Crippen molar-refractivity contribution < 1.29 is 24.0 Å². The van der Waals surface area contributed by atoms with Gasteiger partial charge in [0.1, 0.15) is 5.75 Å². The predicted octanol–water partition coefficient (Wildman–Crippen LogP) is 4.11. The Balaban J connectivity index is 1.91. The van der Waals surface area contributed by atoms with E-state index >= 15 is 0 Å². The fourth-order valence-corrected chi connectivity index (χ4v) is 2.40. The minimum Gasteiger partial charge on any atom is -0.480 e. The Hall–Kier alpha value is -3.94. The Bertz CT molecular complexity index is 923. The van der Waals surface area contributed by atoms with Crippen LogP contribution >= 0.6 is 0 Å². The van der Waals surface area contributed by atoms with Crippen molar-refractivity contribution in [1.82, 2.24) is 5.32 Å². The third kappa shape index (κ3) is 6.90. The van der Waals surface area contributed by atoms with Gasteiger partial charge in [0.05, 0.1) is 4.91 Å². The zero-order valence-electron chi connectivity index (χ0n) is 16.7. The largest absolute Gasteiger partial charge is 0.480 e. The number of rotatable bonds is 12. The summed E-state index contributed by atoms with van der Waals surface area (Å²) in [4.78, 5) is 32.1. The first kappa shape index (κ1) is 22.4. The first-order valence-corrected chi connectivity index (χ1v) is 9.12. The number of para-hydroxylation sites is 2. The van der Waals surface area contributed by atoms with Gasteiger partial charge in [-0.25, -0.2) is 4.84 Å². The molecular weight excluding hydrogens is 386 g/mol. The molecule has 0 saturated carbocycles. The highest BCUT2D eigenvalue weighted by Crippen LogP contribution is 2.31. The van der Waals surface area contributed by atoms with E-state index in [1.807, 2.05) is 0 Å². The number of benzene rings is 2. The van der Waals surface area contributed by atoms with Crippen molar-refractivity contribution in [1.29, 1.82) is 0 Å². The number of carbonyl (C=O) groups is 1. The van der Waals surface area contributed by atoms with Crippen LogP contribution in [0.4, 0.5) is 5.69 Å². The smallest absolute Gasteiger partial charge is 0.317 e. The molecule has 0 saturated heterocycles. The third-order valence-electron chi connectivity index (χ3n) is 3.90. The summed E-state index contributed by atoms with van der Waals surface area (Å²) in [6, 6.07) is 13.4. The van der Waals surface area contributed by atoms with E-state index in [9.17, 15) is 9.70 Å². The van der Waals surface area contributed by atoms with E-state index in [2.05, 4.69) is 28.4 Å². The summed E-state index contributed by atoms with van der Waals surface area (Å²) in [5.74, 6) is 1.10. The normalized spacial score (nSPS) is 10.6. The Labute approximate surface area is 175 Å². The lowest BCUT2D eigenvalue weighted by atomic mass is 10.2. The molecule has 2 aromatic rings. The van der Waals surface area contributed by atoms with E-state index in [-0.39, 0.29) is 12.5 Å². The quantitative estimate of drug-likeness (QED) is 0.323. The van der Waals surface area contributed by atoms with E-state index in [0.717, 1.165) is 5.57 Å². The molecule has 2 rings (SSSR count). The number of aliphatic imine (C=N–C) groups is 1. The van der Waals surface area contributed by atoms with Crippen molar-refractivity contribution in [3.05, 3.63) is 77.9 Å². The lowest BCUT2D eigenvalue weighted by Gasteiger charge is -2.12. The van der Waals surface area contributed by atoms with Crippen LogP contribution in [0.15, 0.2) is 78.0 Å². The maximum absolute atomic E-state index is 12.0. The second-order valence-corrected chi connectivity index (χ2v) is 5.96. The summed E-state index contributed by atoms with van der Waals surface area (Å²) in [6.45, 7) is 7.34. The van der Waals surface area contributed by atoms with Gasteiger partial charge >= 0.3 is 5.69 Å². The number of amides is 1. The molecule has 0 bridgehead atoms. The van der Waals surface area contributed by atoms with Crippen LogP contribution < -0.4 is 14.8 Å². The molecule has 8 nitrogen and oxygen atoms in total. The lowest BCUT2D eigenvalue weighted by molar-refractivity contribution is -0.736. The van der Waals surface area contributed by atoms with Crippen molar-refractivity contribution in [2.75, 3.05) is 20.3 Å². The summed E-state index contributed by atoms with van der Waals surface area (Å²) >= 11 is 0. The highest BCUT2D eigenvalue weighted by atomic mass is 16.8. The van der Waals surface area contributed by atoms with E-state index in [1.165, 1.54) is 7.11 Å². The van der Waals surface area contributed by atoms with Crippen molar-refractivity contribution in [3.8, 4) is 17.2 Å². The predicted molar refractivity (Wildman–Crippen MR) is 114 cm³/mol. The van der Waals surface area contributed by atoms with E-state index < -0.39 is 0 Å². The van der Waals surface area contributed by atoms with Gasteiger partial charge in [0, 0.05) is 24.9 Å². The third-order valence-corrected chi connectivity index (χ3v) is 3.90. The van der Waals surface area contributed by atoms with Gasteiger partial charge in [-0.05, 0) is 43.0 Å². The Kier molecular flexibility index (Phi) is 8.79. The van der Waals surface area contributed by atoms with E-state index in [4.69, 9.17) is 9.47 Å². The zero-order chi connectivity index (χ0) is 21.8. The number of ether oxygens (including phenoxy) is 2. The first-order chi connectivity index (χ1) is 14.6. The SMILES string of the molecule is C=C/C(=C\N=C)CCNC(=O)COc1ccccc1Oc1ccc([N+](=O)OC)cc1. The van der Waals surface area contributed by atoms with Gasteiger partial charge < -0.3 is 14.8 Å². The van der Waals surface area contributed by atoms with Gasteiger partial charge in [-0.1, -0.05) is 24.8 Å². The van der Waals surface area contributed by atoms with Gasteiger partial charge in [0.25, 0.3) is 10.8 Å². The number of allylic oxidation sites excluding steroid dienone is 1. The van der Waals surface area contributed by atoms with E-state index in [1.54, 1.807) is 60.8 Å². The number of carbonyl (C=O) groups excluding carboxylic acids is 1. The Morgan fingerprint density at radius 3 is 2.50 bits per heavy atom. The molecule has 8 heteroatoms. The summed E-state index contributed by atoms with van der Waals surface area (Å²) in [6.07, 6.45) is 3.86. The highest BCUT2D eigenvalue weighted by Gasteiger charge is 2.14. The highest BCUT2D eigenvalue weighted by molar-refractivity contribution is 5.77. The molecule has 0 aliphatic rings. The van der Waals surface area contributed by atoms with Crippen LogP contribution in [0.2, 0.25) is 0 Å². The van der Waals surface area contributed by atoms with Crippen LogP contribution in [-0.4, -0.2) is 37.8 Å². The Morgan fingerprint density at radius 2 is 1.87 bits per heavy atom. The van der Waals surface area contributed by atoms with Crippen molar-refractivity contribution in [2.24, 2.45) is 4.99 Å². The maximum Gasteiger partial charge on any atom is 0.317 e. The molecule has 1 N–H and O–H groups in total. The fraction of sp³-hybridized carbons (Fsp3) is 0.182. The molecule has 0 spiro atoms. The minimum atomic E-state index is -0.265. The molecule has 0 atom stereocenters. The molecule has 30 heavy (non-hydrogen) atoms. The Morgan fingerprint density at radius 1 is 1.17 bits per heavy atom. The minimum absolute atomic E-state index is 0.162. The second kappa shape index (κ2) is 11.8. The summed E-state index contributed by atoms with van der Waals surface area (Å²) in [5, 5.41) is 2.77. The monoisotopic (exact) mass is 410 g/mol. The molecule has 0 aromatic heterocycles. The lowest BCUT2D eigenvalue weighted by Crippen LogP contribution is -2.29. The topological polar surface area (TPSA) is 89.2 Å². The van der Waals surface area contributed by atoms with Crippen LogP contribution in [0.25, 0.3) is 0 Å². The summed E-state index contributed by atoms with van der Waals surface area (Å²) in [5.41, 5.74) is 1.21. The van der Waals surface area contributed by atoms with Crippen LogP contribution in [0.5, 0.6) is 17.2 Å². The van der Waals surface area contributed by atoms with Gasteiger partial charge in [-0.3, -0.25) is 9.79 Å². The van der Waals surface area contributed by atoms with Crippen molar-refractivity contribution in [2.45, 2.75) is 6.42 Å². The van der Waals surface area contributed by atoms with Gasteiger partial charge in [0.15, 0.2) is 25.2 Å². The first-order valence-electron chi connectivity index (χ1n) is 9.12. The molecule has 0 heterocycles. The fourth-order valence-electron chi connectivity index (χ4n) is 2.40. The van der Waals surface area contributed by atoms with Crippen molar-refractivity contribution in [3.63, 3.8) is 0 Å². The maximum atomic E-state index is 12.0. The van der Waals surface area contributed by atoms with Crippen LogP contribution in [0.3, 0.4) is 0 Å². The van der Waals surface area contributed by atoms with E-state index in [0.29, 0.717) is 40.8 Å². The molecule has 0 fully saturated rings. The van der Waals surface area contributed by atoms with Crippen LogP contribution in [-0.2, 0) is 9.63 Å². The molecular formula is C22H24N3O5+. The molecule has 1 amide bonds. The van der Waals surface area contributed by atoms with Crippen LogP contribution in [0, 0.1) is 4.91 Å². The average molecular weight is 410 g/mol. The number of hydrogen-bond acceptors (Lipinski definition) is 6. The number of nitrogens with zero attached hydrogens (tertiary/aromatic N) is 2. The zero-order valence-corrected chi connectivity index (χ0v) is 16.7. The van der Waals surface area contributed by atoms with Gasteiger partial charge in [-0.2, -0.15) is 0 Å². The summed E-state index contributed by atoms with van der Waals surface area (Å²) in [7, 11) is 1.29. The average Bonchev–Trinajstić information content (AvgIpc) is 2.77. The molecule has 2 aromatic carbocycles. The summed E-state index contributed by atoms with van der Waals surface area (Å²) < 4.78 is 11.4. The number of nitrogens with one attached hydrogen (secondary N) is 1. The molecule has 0 aliphatic carbocycles. The second-order valence-electron chi connectivity index (χ2n) is 5.96. The molecule has 0 aliphatic heterocycles. The van der Waals surface area contributed by atoms with Gasteiger partial charge in [-0.15, -0.1) is 0 Å². The van der Waals surface area contributed by atoms with Crippen molar-refractivity contribution >= 4 is 18.3 Å². The number of hydrogen-bond donors (Lipinski definition) is 1. The van der Waals surface area contributed by atoms with Crippen LogP contribution in [0.1, 0.15) is 6.42 Å². The molecule has 0 radical (unpaired) electrons. The molecule has 0 unspecified atom stereocenters. The standard InChI is InChI=1S/C22H23N3O5/c1-4-17(15-23-2)13-14-24-22(26)16-29-20-7-5-6-8-21(20)30-19-11-9-18(10-12-19)25(27)28-3/h4-12,15H,1-2,13-14,16H2,3H3/p+1/b17-15+. The molecule has 156 valence electrons.